The Balaban J connectivity index is 2.04. The minimum atomic E-state index is 0.723. The third-order valence-corrected chi connectivity index (χ3v) is 2.24. The molecule has 1 heterocycles. The van der Waals surface area contributed by atoms with Gasteiger partial charge in [-0.2, -0.15) is 0 Å². The predicted octanol–water partition coefficient (Wildman–Crippen LogP) is 0.409. The molecule has 0 saturated carbocycles. The maximum atomic E-state index is 4.09. The van der Waals surface area contributed by atoms with Crippen LogP contribution in [0.15, 0.2) is 30.3 Å². The Morgan fingerprint density at radius 1 is 1.35 bits per heavy atom. The van der Waals surface area contributed by atoms with Crippen molar-refractivity contribution in [2.75, 3.05) is 20.1 Å². The molecule has 0 aliphatic rings. The second kappa shape index (κ2) is 8.32. The number of aromatic nitrogens is 3. The normalized spacial score (nSPS) is 11.2. The SMILES string of the molecule is C=CCNC(=NC)NCCCCn1cnnc1. The number of unbranched alkanes of at least 4 members (excludes halogenated alkanes) is 1. The molecule has 0 bridgehead atoms. The van der Waals surface area contributed by atoms with Crippen LogP contribution in [0.3, 0.4) is 0 Å². The molecule has 0 aromatic carbocycles. The van der Waals surface area contributed by atoms with Crippen LogP contribution in [0.2, 0.25) is 0 Å². The Morgan fingerprint density at radius 3 is 2.76 bits per heavy atom. The van der Waals surface area contributed by atoms with Crippen LogP contribution in [0.1, 0.15) is 12.8 Å². The lowest BCUT2D eigenvalue weighted by molar-refractivity contribution is 0.598. The van der Waals surface area contributed by atoms with Gasteiger partial charge in [-0.1, -0.05) is 6.08 Å². The molecule has 0 aliphatic carbocycles. The van der Waals surface area contributed by atoms with Gasteiger partial charge in [-0.3, -0.25) is 4.99 Å². The first-order valence-corrected chi connectivity index (χ1v) is 5.74. The first kappa shape index (κ1) is 13.2. The summed E-state index contributed by atoms with van der Waals surface area (Å²) in [4.78, 5) is 4.09. The van der Waals surface area contributed by atoms with Crippen LogP contribution in [0.5, 0.6) is 0 Å². The topological polar surface area (TPSA) is 67.1 Å². The highest BCUT2D eigenvalue weighted by Gasteiger charge is 1.95. The second-order valence-corrected chi connectivity index (χ2v) is 3.58. The van der Waals surface area contributed by atoms with Crippen molar-refractivity contribution in [1.29, 1.82) is 0 Å². The van der Waals surface area contributed by atoms with Gasteiger partial charge in [-0.25, -0.2) is 0 Å². The van der Waals surface area contributed by atoms with Gasteiger partial charge in [-0.15, -0.1) is 16.8 Å². The molecular formula is C11H20N6. The summed E-state index contributed by atoms with van der Waals surface area (Å²) in [6.45, 7) is 6.22. The van der Waals surface area contributed by atoms with Gasteiger partial charge >= 0.3 is 0 Å². The highest BCUT2D eigenvalue weighted by molar-refractivity contribution is 5.79. The van der Waals surface area contributed by atoms with Crippen LogP contribution < -0.4 is 10.6 Å². The van der Waals surface area contributed by atoms with Crippen molar-refractivity contribution in [3.8, 4) is 0 Å². The van der Waals surface area contributed by atoms with E-state index in [0.717, 1.165) is 38.4 Å². The van der Waals surface area contributed by atoms with E-state index in [1.54, 1.807) is 25.8 Å². The Labute approximate surface area is 102 Å². The average Bonchev–Trinajstić information content (AvgIpc) is 2.85. The standard InChI is InChI=1S/C11H20N6/c1-3-6-13-11(12-2)14-7-4-5-8-17-9-15-16-10-17/h3,9-10H,1,4-8H2,2H3,(H2,12,13,14). The maximum Gasteiger partial charge on any atom is 0.191 e. The Bertz CT molecular complexity index is 330. The first-order chi connectivity index (χ1) is 8.36. The maximum absolute atomic E-state index is 4.09. The summed E-state index contributed by atoms with van der Waals surface area (Å²) in [7, 11) is 1.76. The predicted molar refractivity (Wildman–Crippen MR) is 68.8 cm³/mol. The lowest BCUT2D eigenvalue weighted by Gasteiger charge is -2.10. The van der Waals surface area contributed by atoms with Crippen molar-refractivity contribution in [3.63, 3.8) is 0 Å². The van der Waals surface area contributed by atoms with Crippen molar-refractivity contribution >= 4 is 5.96 Å². The number of guanidine groups is 1. The third-order valence-electron chi connectivity index (χ3n) is 2.24. The summed E-state index contributed by atoms with van der Waals surface area (Å²) < 4.78 is 1.98. The number of aryl methyl sites for hydroxylation is 1. The van der Waals surface area contributed by atoms with Gasteiger partial charge in [0.05, 0.1) is 0 Å². The Morgan fingerprint density at radius 2 is 2.12 bits per heavy atom. The molecule has 0 atom stereocenters. The number of nitrogens with one attached hydrogen (secondary N) is 2. The largest absolute Gasteiger partial charge is 0.356 e. The van der Waals surface area contributed by atoms with E-state index in [4.69, 9.17) is 0 Å². The fourth-order valence-electron chi connectivity index (χ4n) is 1.35. The molecule has 2 N–H and O–H groups in total. The first-order valence-electron chi connectivity index (χ1n) is 5.74. The Hall–Kier alpha value is -1.85. The zero-order chi connectivity index (χ0) is 12.3. The summed E-state index contributed by atoms with van der Waals surface area (Å²) in [5.41, 5.74) is 0. The summed E-state index contributed by atoms with van der Waals surface area (Å²) in [5.74, 6) is 0.814. The van der Waals surface area contributed by atoms with Gasteiger partial charge in [0.15, 0.2) is 5.96 Å². The molecule has 6 heteroatoms. The monoisotopic (exact) mass is 236 g/mol. The minimum Gasteiger partial charge on any atom is -0.356 e. The fraction of sp³-hybridized carbons (Fsp3) is 0.545. The molecule has 0 radical (unpaired) electrons. The summed E-state index contributed by atoms with van der Waals surface area (Å²) in [6.07, 6.45) is 7.44. The number of aliphatic imine (C=N–C) groups is 1. The van der Waals surface area contributed by atoms with Crippen LogP contribution in [0.4, 0.5) is 0 Å². The van der Waals surface area contributed by atoms with E-state index >= 15 is 0 Å². The molecule has 0 spiro atoms. The number of hydrogen-bond donors (Lipinski definition) is 2. The molecule has 0 saturated heterocycles. The molecule has 94 valence electrons. The molecule has 6 nitrogen and oxygen atoms in total. The second-order valence-electron chi connectivity index (χ2n) is 3.58. The van der Waals surface area contributed by atoms with E-state index in [2.05, 4.69) is 32.4 Å². The lowest BCUT2D eigenvalue weighted by atomic mass is 10.3. The van der Waals surface area contributed by atoms with E-state index in [0.29, 0.717) is 0 Å². The highest BCUT2D eigenvalue weighted by Crippen LogP contribution is 1.92. The van der Waals surface area contributed by atoms with Crippen LogP contribution in [0, 0.1) is 0 Å². The third kappa shape index (κ3) is 5.70. The molecule has 1 rings (SSSR count). The van der Waals surface area contributed by atoms with Crippen LogP contribution in [0.25, 0.3) is 0 Å². The number of rotatable bonds is 7. The molecule has 0 unspecified atom stereocenters. The molecule has 0 aliphatic heterocycles. The van der Waals surface area contributed by atoms with E-state index in [9.17, 15) is 0 Å². The molecule has 1 aromatic rings. The quantitative estimate of drug-likeness (QED) is 0.311. The molecular weight excluding hydrogens is 216 g/mol. The molecule has 17 heavy (non-hydrogen) atoms. The summed E-state index contributed by atoms with van der Waals surface area (Å²) >= 11 is 0. The average molecular weight is 236 g/mol. The van der Waals surface area contributed by atoms with Crippen molar-refractivity contribution < 1.29 is 0 Å². The zero-order valence-corrected chi connectivity index (χ0v) is 10.3. The molecule has 1 aromatic heterocycles. The molecule has 0 amide bonds. The van der Waals surface area contributed by atoms with Gasteiger partial charge in [0.1, 0.15) is 12.7 Å². The van der Waals surface area contributed by atoms with E-state index < -0.39 is 0 Å². The number of nitrogens with zero attached hydrogens (tertiary/aromatic N) is 4. The number of hydrogen-bond acceptors (Lipinski definition) is 3. The van der Waals surface area contributed by atoms with Gasteiger partial charge in [0.2, 0.25) is 0 Å². The van der Waals surface area contributed by atoms with E-state index in [-0.39, 0.29) is 0 Å². The van der Waals surface area contributed by atoms with Gasteiger partial charge in [0.25, 0.3) is 0 Å². The van der Waals surface area contributed by atoms with E-state index in [1.165, 1.54) is 0 Å². The van der Waals surface area contributed by atoms with E-state index in [1.807, 2.05) is 4.57 Å². The van der Waals surface area contributed by atoms with Crippen LogP contribution in [-0.4, -0.2) is 40.9 Å². The van der Waals surface area contributed by atoms with Crippen LogP contribution in [-0.2, 0) is 6.54 Å². The highest BCUT2D eigenvalue weighted by atomic mass is 15.2. The zero-order valence-electron chi connectivity index (χ0n) is 10.3. The Kier molecular flexibility index (Phi) is 6.47. The van der Waals surface area contributed by atoms with Crippen molar-refractivity contribution in [3.05, 3.63) is 25.3 Å². The van der Waals surface area contributed by atoms with Gasteiger partial charge in [0, 0.05) is 26.7 Å². The van der Waals surface area contributed by atoms with Crippen molar-refractivity contribution in [1.82, 2.24) is 25.4 Å². The smallest absolute Gasteiger partial charge is 0.191 e. The molecule has 0 fully saturated rings. The fourth-order valence-corrected chi connectivity index (χ4v) is 1.35. The summed E-state index contributed by atoms with van der Waals surface area (Å²) in [5, 5.41) is 13.9. The van der Waals surface area contributed by atoms with Crippen LogP contribution >= 0.6 is 0 Å². The summed E-state index contributed by atoms with van der Waals surface area (Å²) in [6, 6.07) is 0. The van der Waals surface area contributed by atoms with Gasteiger partial charge < -0.3 is 15.2 Å². The van der Waals surface area contributed by atoms with Crippen molar-refractivity contribution in [2.45, 2.75) is 19.4 Å². The van der Waals surface area contributed by atoms with Crippen molar-refractivity contribution in [2.24, 2.45) is 4.99 Å². The lowest BCUT2D eigenvalue weighted by Crippen LogP contribution is -2.37. The van der Waals surface area contributed by atoms with Gasteiger partial charge in [-0.05, 0) is 12.8 Å². The minimum absolute atomic E-state index is 0.723.